The summed E-state index contributed by atoms with van der Waals surface area (Å²) in [6.07, 6.45) is -0.00834. The molecule has 0 radical (unpaired) electrons. The third kappa shape index (κ3) is 4.79. The molecule has 0 aromatic heterocycles. The number of rotatable bonds is 5. The molecule has 1 N–H and O–H groups in total. The van der Waals surface area contributed by atoms with Crippen LogP contribution in [-0.4, -0.2) is 22.9 Å². The van der Waals surface area contributed by atoms with Gasteiger partial charge in [-0.05, 0) is 75.2 Å². The molecular formula is C28H25Cl2NO4. The van der Waals surface area contributed by atoms with Crippen molar-refractivity contribution in [3.05, 3.63) is 98.5 Å². The first kappa shape index (κ1) is 24.8. The lowest BCUT2D eigenvalue weighted by atomic mass is 9.94. The Balaban J connectivity index is 1.91. The van der Waals surface area contributed by atoms with Crippen LogP contribution in [0.4, 0.5) is 5.69 Å². The summed E-state index contributed by atoms with van der Waals surface area (Å²) in [6.45, 7) is 7.64. The maximum atomic E-state index is 13.3. The number of carbonyl (C=O) groups is 2. The third-order valence-electron chi connectivity index (χ3n) is 5.79. The highest BCUT2D eigenvalue weighted by atomic mass is 35.5. The van der Waals surface area contributed by atoms with Crippen LogP contribution in [0.1, 0.15) is 42.1 Å². The lowest BCUT2D eigenvalue weighted by Gasteiger charge is -2.26. The van der Waals surface area contributed by atoms with Crippen LogP contribution in [0.15, 0.2) is 66.2 Å². The second-order valence-electron chi connectivity index (χ2n) is 8.83. The minimum atomic E-state index is -0.848. The molecule has 7 heteroatoms. The van der Waals surface area contributed by atoms with Crippen molar-refractivity contribution in [2.45, 2.75) is 39.8 Å². The van der Waals surface area contributed by atoms with Gasteiger partial charge >= 0.3 is 0 Å². The number of hydrogen-bond acceptors (Lipinski definition) is 4. The number of benzene rings is 3. The third-order valence-corrected chi connectivity index (χ3v) is 6.53. The molecule has 3 aromatic rings. The molecule has 1 fully saturated rings. The topological polar surface area (TPSA) is 66.8 Å². The summed E-state index contributed by atoms with van der Waals surface area (Å²) in [4.78, 5) is 28.0. The molecule has 1 saturated heterocycles. The number of amides is 1. The molecule has 1 aliphatic rings. The zero-order chi connectivity index (χ0) is 25.4. The van der Waals surface area contributed by atoms with Gasteiger partial charge in [-0.15, -0.1) is 0 Å². The Bertz CT molecular complexity index is 1360. The van der Waals surface area contributed by atoms with E-state index >= 15 is 0 Å². The SMILES string of the molecule is Cc1cccc(C2/C(=C(\O)c3ccc(OC(C)C)c(C)c3)C(=O)C(=O)N2c2ccc(Cl)c(Cl)c2)c1. The summed E-state index contributed by atoms with van der Waals surface area (Å²) in [7, 11) is 0. The van der Waals surface area contributed by atoms with Gasteiger partial charge in [0.1, 0.15) is 11.5 Å². The van der Waals surface area contributed by atoms with Gasteiger partial charge in [-0.25, -0.2) is 0 Å². The molecule has 0 aliphatic carbocycles. The Morgan fingerprint density at radius 2 is 1.71 bits per heavy atom. The van der Waals surface area contributed by atoms with Crippen LogP contribution in [-0.2, 0) is 9.59 Å². The van der Waals surface area contributed by atoms with E-state index in [1.54, 1.807) is 36.4 Å². The van der Waals surface area contributed by atoms with Gasteiger partial charge < -0.3 is 9.84 Å². The Kier molecular flexibility index (Phi) is 6.93. The summed E-state index contributed by atoms with van der Waals surface area (Å²) in [5.74, 6) is -1.10. The number of aliphatic hydroxyl groups is 1. The van der Waals surface area contributed by atoms with Crippen LogP contribution in [0.25, 0.3) is 5.76 Å². The van der Waals surface area contributed by atoms with Gasteiger partial charge in [0.25, 0.3) is 11.7 Å². The summed E-state index contributed by atoms with van der Waals surface area (Å²) >= 11 is 12.3. The van der Waals surface area contributed by atoms with Crippen molar-refractivity contribution < 1.29 is 19.4 Å². The van der Waals surface area contributed by atoms with Crippen molar-refractivity contribution in [1.82, 2.24) is 0 Å². The second-order valence-corrected chi connectivity index (χ2v) is 9.64. The van der Waals surface area contributed by atoms with E-state index in [4.69, 9.17) is 27.9 Å². The molecule has 4 rings (SSSR count). The number of carbonyl (C=O) groups excluding carboxylic acids is 2. The largest absolute Gasteiger partial charge is 0.507 e. The molecular weight excluding hydrogens is 485 g/mol. The molecule has 0 spiro atoms. The zero-order valence-electron chi connectivity index (χ0n) is 19.8. The van der Waals surface area contributed by atoms with Gasteiger partial charge in [0.05, 0.1) is 27.8 Å². The summed E-state index contributed by atoms with van der Waals surface area (Å²) in [6, 6.07) is 16.6. The molecule has 180 valence electrons. The van der Waals surface area contributed by atoms with Gasteiger partial charge in [-0.2, -0.15) is 0 Å². The second kappa shape index (κ2) is 9.76. The van der Waals surface area contributed by atoms with Gasteiger partial charge in [0.15, 0.2) is 0 Å². The fourth-order valence-electron chi connectivity index (χ4n) is 4.23. The molecule has 1 heterocycles. The van der Waals surface area contributed by atoms with Crippen LogP contribution in [0.5, 0.6) is 5.75 Å². The Labute approximate surface area is 214 Å². The van der Waals surface area contributed by atoms with E-state index in [0.717, 1.165) is 11.1 Å². The number of aryl methyl sites for hydroxylation is 2. The monoisotopic (exact) mass is 509 g/mol. The van der Waals surface area contributed by atoms with Gasteiger partial charge in [-0.3, -0.25) is 14.5 Å². The number of Topliss-reactive ketones (excluding diaryl/α,β-unsaturated/α-hetero) is 1. The molecule has 1 aliphatic heterocycles. The minimum absolute atomic E-state index is 0.00333. The Morgan fingerprint density at radius 3 is 2.34 bits per heavy atom. The predicted octanol–water partition coefficient (Wildman–Crippen LogP) is 7.02. The standard InChI is InChI=1S/C28H25Cl2NO4/c1-15(2)35-23-11-8-19(13-17(23)4)26(32)24-25(18-7-5-6-16(3)12-18)31(28(34)27(24)33)20-9-10-21(29)22(30)14-20/h5-15,25,32H,1-4H3/b26-24+. The van der Waals surface area contributed by atoms with Crippen LogP contribution < -0.4 is 9.64 Å². The Morgan fingerprint density at radius 1 is 0.971 bits per heavy atom. The van der Waals surface area contributed by atoms with Crippen molar-refractivity contribution in [3.8, 4) is 5.75 Å². The minimum Gasteiger partial charge on any atom is -0.507 e. The lowest BCUT2D eigenvalue weighted by Crippen LogP contribution is -2.29. The first-order chi connectivity index (χ1) is 16.6. The van der Waals surface area contributed by atoms with E-state index in [1.165, 1.54) is 4.90 Å². The maximum absolute atomic E-state index is 13.3. The summed E-state index contributed by atoms with van der Waals surface area (Å²) in [5.41, 5.74) is 3.27. The number of ether oxygens (including phenoxy) is 1. The highest BCUT2D eigenvalue weighted by Gasteiger charge is 2.47. The predicted molar refractivity (Wildman–Crippen MR) is 139 cm³/mol. The van der Waals surface area contributed by atoms with Crippen molar-refractivity contribution in [2.24, 2.45) is 0 Å². The molecule has 1 amide bonds. The van der Waals surface area contributed by atoms with Crippen molar-refractivity contribution in [1.29, 1.82) is 0 Å². The van der Waals surface area contributed by atoms with E-state index in [0.29, 0.717) is 27.6 Å². The highest BCUT2D eigenvalue weighted by Crippen LogP contribution is 2.43. The highest BCUT2D eigenvalue weighted by molar-refractivity contribution is 6.52. The number of nitrogens with zero attached hydrogens (tertiary/aromatic N) is 1. The van der Waals surface area contributed by atoms with Crippen LogP contribution in [0, 0.1) is 13.8 Å². The van der Waals surface area contributed by atoms with E-state index < -0.39 is 17.7 Å². The first-order valence-corrected chi connectivity index (χ1v) is 11.9. The number of aliphatic hydroxyl groups excluding tert-OH is 1. The van der Waals surface area contributed by atoms with Crippen molar-refractivity contribution in [2.75, 3.05) is 4.90 Å². The molecule has 1 unspecified atom stereocenters. The number of hydrogen-bond donors (Lipinski definition) is 1. The normalized spacial score (nSPS) is 17.3. The van der Waals surface area contributed by atoms with Crippen LogP contribution in [0.2, 0.25) is 10.0 Å². The zero-order valence-corrected chi connectivity index (χ0v) is 21.3. The fraction of sp³-hybridized carbons (Fsp3) is 0.214. The quantitative estimate of drug-likeness (QED) is 0.228. The lowest BCUT2D eigenvalue weighted by molar-refractivity contribution is -0.132. The van der Waals surface area contributed by atoms with Gasteiger partial charge in [0, 0.05) is 11.3 Å². The smallest absolute Gasteiger partial charge is 0.300 e. The van der Waals surface area contributed by atoms with Crippen molar-refractivity contribution >= 4 is 46.3 Å². The van der Waals surface area contributed by atoms with E-state index in [1.807, 2.05) is 52.0 Å². The van der Waals surface area contributed by atoms with E-state index in [9.17, 15) is 14.7 Å². The summed E-state index contributed by atoms with van der Waals surface area (Å²) < 4.78 is 5.79. The van der Waals surface area contributed by atoms with E-state index in [2.05, 4.69) is 0 Å². The Hall–Kier alpha value is -3.28. The fourth-order valence-corrected chi connectivity index (χ4v) is 4.52. The number of anilines is 1. The first-order valence-electron chi connectivity index (χ1n) is 11.2. The molecule has 0 bridgehead atoms. The van der Waals surface area contributed by atoms with Gasteiger partial charge in [0.2, 0.25) is 0 Å². The van der Waals surface area contributed by atoms with Crippen molar-refractivity contribution in [3.63, 3.8) is 0 Å². The molecule has 0 saturated carbocycles. The molecule has 1 atom stereocenters. The number of halogens is 2. The maximum Gasteiger partial charge on any atom is 0.300 e. The van der Waals surface area contributed by atoms with E-state index in [-0.39, 0.29) is 22.5 Å². The van der Waals surface area contributed by atoms with Crippen LogP contribution >= 0.6 is 23.2 Å². The summed E-state index contributed by atoms with van der Waals surface area (Å²) in [5, 5.41) is 11.9. The van der Waals surface area contributed by atoms with Gasteiger partial charge in [-0.1, -0.05) is 53.0 Å². The molecule has 35 heavy (non-hydrogen) atoms. The average Bonchev–Trinajstić information content (AvgIpc) is 3.07. The molecule has 5 nitrogen and oxygen atoms in total. The van der Waals surface area contributed by atoms with Crippen LogP contribution in [0.3, 0.4) is 0 Å². The average molecular weight is 510 g/mol. The molecule has 3 aromatic carbocycles. The number of ketones is 1.